The highest BCUT2D eigenvalue weighted by molar-refractivity contribution is 8.02. The summed E-state index contributed by atoms with van der Waals surface area (Å²) in [6.07, 6.45) is 8.77. The average molecular weight is 541 g/mol. The van der Waals surface area contributed by atoms with E-state index in [1.807, 2.05) is 36.4 Å². The van der Waals surface area contributed by atoms with Gasteiger partial charge in [-0.2, -0.15) is 0 Å². The smallest absolute Gasteiger partial charge is 0.310 e. The fraction of sp³-hybridized carbons (Fsp3) is 0.567. The van der Waals surface area contributed by atoms with E-state index in [1.54, 1.807) is 27.6 Å². The molecule has 5 atom stereocenters. The van der Waals surface area contributed by atoms with Crippen LogP contribution in [0.1, 0.15) is 50.5 Å². The van der Waals surface area contributed by atoms with Crippen LogP contribution in [-0.2, 0) is 25.7 Å². The van der Waals surface area contributed by atoms with Gasteiger partial charge in [-0.15, -0.1) is 24.9 Å². The number of allylic oxidation sites excluding steroid dienone is 1. The molecular formula is C30H40N2O5S. The summed E-state index contributed by atoms with van der Waals surface area (Å²) >= 11 is 1.66. The monoisotopic (exact) mass is 540 g/mol. The van der Waals surface area contributed by atoms with E-state index < -0.39 is 22.6 Å². The molecule has 2 amide bonds. The molecule has 2 unspecified atom stereocenters. The largest absolute Gasteiger partial charge is 0.465 e. The summed E-state index contributed by atoms with van der Waals surface area (Å²) in [5.74, 6) is -1.61. The van der Waals surface area contributed by atoms with Crippen LogP contribution in [0.4, 0.5) is 0 Å². The predicted octanol–water partition coefficient (Wildman–Crippen LogP) is 3.96. The lowest BCUT2D eigenvalue weighted by Gasteiger charge is -2.37. The minimum Gasteiger partial charge on any atom is -0.465 e. The molecule has 2 bridgehead atoms. The Morgan fingerprint density at radius 2 is 1.95 bits per heavy atom. The molecule has 3 heterocycles. The molecule has 1 N–H and O–H groups in total. The maximum absolute atomic E-state index is 14.3. The highest BCUT2D eigenvalue weighted by atomic mass is 32.2. The first kappa shape index (κ1) is 28.4. The average Bonchev–Trinajstić information content (AvgIpc) is 3.56. The SMILES string of the molecule is C=CCCCCOC(=O)[C@@H]1[C@H]2C(=O)N(CCCCO)C(C(=O)N(CC=C)Cc3ccccc3)C23CC[C@H]1S3. The molecule has 7 nitrogen and oxygen atoms in total. The van der Waals surface area contributed by atoms with Gasteiger partial charge < -0.3 is 19.6 Å². The number of hydrogen-bond acceptors (Lipinski definition) is 6. The Balaban J connectivity index is 1.60. The topological polar surface area (TPSA) is 87.1 Å². The third kappa shape index (κ3) is 5.57. The van der Waals surface area contributed by atoms with Crippen molar-refractivity contribution < 1.29 is 24.2 Å². The van der Waals surface area contributed by atoms with Crippen molar-refractivity contribution in [1.82, 2.24) is 9.80 Å². The zero-order valence-electron chi connectivity index (χ0n) is 22.1. The zero-order chi connectivity index (χ0) is 27.1. The molecule has 0 aliphatic carbocycles. The maximum atomic E-state index is 14.3. The van der Waals surface area contributed by atoms with Crippen molar-refractivity contribution in [2.24, 2.45) is 11.8 Å². The van der Waals surface area contributed by atoms with Gasteiger partial charge >= 0.3 is 5.97 Å². The fourth-order valence-electron chi connectivity index (χ4n) is 6.36. The second-order valence-electron chi connectivity index (χ2n) is 10.5. The van der Waals surface area contributed by atoms with Gasteiger partial charge in [0, 0.05) is 31.5 Å². The van der Waals surface area contributed by atoms with Crippen molar-refractivity contribution in [1.29, 1.82) is 0 Å². The Hall–Kier alpha value is -2.58. The number of carbonyl (C=O) groups excluding carboxylic acids is 3. The maximum Gasteiger partial charge on any atom is 0.310 e. The number of nitrogens with zero attached hydrogens (tertiary/aromatic N) is 2. The predicted molar refractivity (Wildman–Crippen MR) is 149 cm³/mol. The van der Waals surface area contributed by atoms with Crippen molar-refractivity contribution in [3.63, 3.8) is 0 Å². The summed E-state index contributed by atoms with van der Waals surface area (Å²) in [6, 6.07) is 9.16. The van der Waals surface area contributed by atoms with Crippen LogP contribution in [0.3, 0.4) is 0 Å². The minimum atomic E-state index is -0.650. The molecule has 8 heteroatoms. The van der Waals surface area contributed by atoms with Crippen LogP contribution >= 0.6 is 11.8 Å². The molecule has 206 valence electrons. The highest BCUT2D eigenvalue weighted by Crippen LogP contribution is 2.66. The number of unbranched alkanes of at least 4 members (excludes halogenated alkanes) is 3. The lowest BCUT2D eigenvalue weighted by Crippen LogP contribution is -2.54. The third-order valence-electron chi connectivity index (χ3n) is 8.04. The summed E-state index contributed by atoms with van der Waals surface area (Å²) < 4.78 is 5.04. The molecule has 1 aromatic carbocycles. The van der Waals surface area contributed by atoms with Crippen molar-refractivity contribution in [2.45, 2.75) is 67.5 Å². The van der Waals surface area contributed by atoms with E-state index in [2.05, 4.69) is 13.2 Å². The summed E-state index contributed by atoms with van der Waals surface area (Å²) in [5, 5.41) is 9.35. The second kappa shape index (κ2) is 13.0. The van der Waals surface area contributed by atoms with Gasteiger partial charge in [0.25, 0.3) is 0 Å². The van der Waals surface area contributed by atoms with Crippen LogP contribution in [0.15, 0.2) is 55.6 Å². The number of hydrogen-bond donors (Lipinski definition) is 1. The van der Waals surface area contributed by atoms with Gasteiger partial charge in [-0.25, -0.2) is 0 Å². The van der Waals surface area contributed by atoms with Gasteiger partial charge in [-0.3, -0.25) is 14.4 Å². The number of aliphatic hydroxyl groups is 1. The number of benzene rings is 1. The zero-order valence-corrected chi connectivity index (χ0v) is 22.9. The lowest BCUT2D eigenvalue weighted by atomic mass is 9.71. The molecule has 1 aromatic rings. The first-order valence-electron chi connectivity index (χ1n) is 13.8. The molecule has 0 radical (unpaired) electrons. The molecule has 3 saturated heterocycles. The first-order valence-corrected chi connectivity index (χ1v) is 14.7. The number of esters is 1. The van der Waals surface area contributed by atoms with E-state index in [-0.39, 0.29) is 29.6 Å². The van der Waals surface area contributed by atoms with E-state index in [0.29, 0.717) is 39.1 Å². The molecule has 3 fully saturated rings. The second-order valence-corrected chi connectivity index (χ2v) is 12.1. The standard InChI is InChI=1S/C30H40N2O5S/c1-3-5-6-12-20-37-29(36)24-23-15-16-30(38-23)25(24)27(34)32(18-10-11-19-33)26(30)28(35)31(17-4-2)21-22-13-8-7-9-14-22/h3-4,7-9,13-14,23-26,33H,1-2,5-6,10-12,15-21H2/t23-,24+,25+,26?,30?/m1/s1. The molecule has 0 aromatic heterocycles. The summed E-state index contributed by atoms with van der Waals surface area (Å²) in [4.78, 5) is 45.1. The Bertz CT molecular complexity index is 1020. The number of ether oxygens (including phenoxy) is 1. The van der Waals surface area contributed by atoms with Crippen LogP contribution in [0.25, 0.3) is 0 Å². The molecule has 1 spiro atoms. The number of fused-ring (bicyclic) bond motifs is 1. The van der Waals surface area contributed by atoms with E-state index in [1.165, 1.54) is 0 Å². The van der Waals surface area contributed by atoms with E-state index in [4.69, 9.17) is 4.74 Å². The summed E-state index contributed by atoms with van der Waals surface area (Å²) in [6.45, 7) is 9.13. The molecular weight excluding hydrogens is 500 g/mol. The van der Waals surface area contributed by atoms with Crippen molar-refractivity contribution in [3.05, 3.63) is 61.2 Å². The summed E-state index contributed by atoms with van der Waals surface area (Å²) in [7, 11) is 0. The third-order valence-corrected chi connectivity index (χ3v) is 9.99. The van der Waals surface area contributed by atoms with Crippen LogP contribution in [-0.4, -0.2) is 75.0 Å². The van der Waals surface area contributed by atoms with Gasteiger partial charge in [0.1, 0.15) is 6.04 Å². The Kier molecular flexibility index (Phi) is 9.71. The Morgan fingerprint density at radius 3 is 2.66 bits per heavy atom. The summed E-state index contributed by atoms with van der Waals surface area (Å²) in [5.41, 5.74) is 1.01. The van der Waals surface area contributed by atoms with E-state index in [9.17, 15) is 19.5 Å². The van der Waals surface area contributed by atoms with E-state index in [0.717, 1.165) is 37.7 Å². The van der Waals surface area contributed by atoms with Gasteiger partial charge in [0.05, 0.1) is 23.2 Å². The Morgan fingerprint density at radius 1 is 1.16 bits per heavy atom. The molecule has 4 rings (SSSR count). The first-order chi connectivity index (χ1) is 18.5. The Labute approximate surface area is 230 Å². The number of likely N-dealkylation sites (tertiary alicyclic amines) is 1. The lowest BCUT2D eigenvalue weighted by molar-refractivity contribution is -0.154. The number of rotatable bonds is 15. The van der Waals surface area contributed by atoms with Gasteiger partial charge in [-0.05, 0) is 50.5 Å². The van der Waals surface area contributed by atoms with Crippen molar-refractivity contribution >= 4 is 29.5 Å². The van der Waals surface area contributed by atoms with Crippen molar-refractivity contribution in [3.8, 4) is 0 Å². The molecule has 0 saturated carbocycles. The van der Waals surface area contributed by atoms with Crippen LogP contribution in [0.5, 0.6) is 0 Å². The van der Waals surface area contributed by atoms with Crippen LogP contribution in [0, 0.1) is 11.8 Å². The number of aliphatic hydroxyl groups excluding tert-OH is 1. The molecule has 38 heavy (non-hydrogen) atoms. The quantitative estimate of drug-likeness (QED) is 0.206. The fourth-order valence-corrected chi connectivity index (χ4v) is 8.56. The highest BCUT2D eigenvalue weighted by Gasteiger charge is 2.74. The van der Waals surface area contributed by atoms with Crippen LogP contribution < -0.4 is 0 Å². The van der Waals surface area contributed by atoms with Crippen LogP contribution in [0.2, 0.25) is 0 Å². The normalized spacial score (nSPS) is 27.3. The van der Waals surface area contributed by atoms with Gasteiger partial charge in [-0.1, -0.05) is 42.5 Å². The van der Waals surface area contributed by atoms with E-state index >= 15 is 0 Å². The number of carbonyl (C=O) groups is 3. The minimum absolute atomic E-state index is 0.0125. The number of amides is 2. The van der Waals surface area contributed by atoms with Gasteiger partial charge in [0.15, 0.2) is 0 Å². The molecule has 3 aliphatic heterocycles. The van der Waals surface area contributed by atoms with Crippen molar-refractivity contribution in [2.75, 3.05) is 26.3 Å². The molecule has 3 aliphatic rings. The van der Waals surface area contributed by atoms with Gasteiger partial charge in [0.2, 0.25) is 11.8 Å². The number of thioether (sulfide) groups is 1.